The van der Waals surface area contributed by atoms with Gasteiger partial charge in [0.15, 0.2) is 5.60 Å². The van der Waals surface area contributed by atoms with Crippen LogP contribution >= 0.6 is 0 Å². The van der Waals surface area contributed by atoms with Crippen molar-refractivity contribution in [1.82, 2.24) is 0 Å². The first kappa shape index (κ1) is 9.50. The first-order valence-corrected chi connectivity index (χ1v) is 4.31. The van der Waals surface area contributed by atoms with Gasteiger partial charge in [0, 0.05) is 12.8 Å². The van der Waals surface area contributed by atoms with Crippen LogP contribution in [-0.2, 0) is 4.74 Å². The molecule has 68 valence electrons. The zero-order valence-electron chi connectivity index (χ0n) is 7.63. The molecule has 0 aromatic carbocycles. The van der Waals surface area contributed by atoms with Gasteiger partial charge in [-0.05, 0) is 13.3 Å². The lowest BCUT2D eigenvalue weighted by molar-refractivity contribution is -0.132. The van der Waals surface area contributed by atoms with E-state index in [0.717, 1.165) is 6.42 Å². The summed E-state index contributed by atoms with van der Waals surface area (Å²) in [5, 5.41) is 18.4. The number of hydrogen-bond donors (Lipinski definition) is 1. The Kier molecular flexibility index (Phi) is 2.41. The number of hydrogen-bond acceptors (Lipinski definition) is 3. The summed E-state index contributed by atoms with van der Waals surface area (Å²) in [6, 6.07) is 1.95. The molecule has 1 saturated heterocycles. The van der Waals surface area contributed by atoms with Crippen LogP contribution in [-0.4, -0.2) is 22.9 Å². The van der Waals surface area contributed by atoms with Crippen LogP contribution in [0, 0.1) is 11.3 Å². The molecule has 12 heavy (non-hydrogen) atoms. The fourth-order valence-corrected chi connectivity index (χ4v) is 1.55. The second-order valence-electron chi connectivity index (χ2n) is 3.72. The van der Waals surface area contributed by atoms with Gasteiger partial charge in [0.1, 0.15) is 0 Å². The van der Waals surface area contributed by atoms with Gasteiger partial charge >= 0.3 is 0 Å². The highest BCUT2D eigenvalue weighted by atomic mass is 16.5. The van der Waals surface area contributed by atoms with Gasteiger partial charge in [0.25, 0.3) is 0 Å². The molecule has 0 radical (unpaired) electrons. The van der Waals surface area contributed by atoms with Gasteiger partial charge in [-0.1, -0.05) is 6.92 Å². The maximum Gasteiger partial charge on any atom is 0.156 e. The molecule has 0 amide bonds. The van der Waals surface area contributed by atoms with Crippen molar-refractivity contribution in [1.29, 1.82) is 5.26 Å². The van der Waals surface area contributed by atoms with Crippen LogP contribution in [0.2, 0.25) is 0 Å². The summed E-state index contributed by atoms with van der Waals surface area (Å²) < 4.78 is 5.50. The molecule has 0 aromatic rings. The van der Waals surface area contributed by atoms with Gasteiger partial charge in [-0.2, -0.15) is 5.26 Å². The maximum atomic E-state index is 9.71. The zero-order valence-corrected chi connectivity index (χ0v) is 7.63. The van der Waals surface area contributed by atoms with Gasteiger partial charge in [-0.15, -0.1) is 0 Å². The fraction of sp³-hybridized carbons (Fsp3) is 0.889. The van der Waals surface area contributed by atoms with E-state index in [1.807, 2.05) is 19.9 Å². The SMILES string of the molecule is CCC1(C)CC(O)(C#N)CCO1. The minimum absolute atomic E-state index is 0.317. The molecule has 1 aliphatic heterocycles. The highest BCUT2D eigenvalue weighted by Crippen LogP contribution is 2.33. The van der Waals surface area contributed by atoms with Crippen LogP contribution in [0.3, 0.4) is 0 Å². The van der Waals surface area contributed by atoms with E-state index in [9.17, 15) is 5.11 Å². The largest absolute Gasteiger partial charge is 0.375 e. The predicted octanol–water partition coefficient (Wildman–Crippen LogP) is 1.22. The minimum Gasteiger partial charge on any atom is -0.375 e. The van der Waals surface area contributed by atoms with Crippen molar-refractivity contribution in [2.45, 2.75) is 44.3 Å². The highest BCUT2D eigenvalue weighted by Gasteiger charge is 2.41. The zero-order chi connectivity index (χ0) is 9.24. The minimum atomic E-state index is -1.16. The molecule has 0 saturated carbocycles. The summed E-state index contributed by atoms with van der Waals surface area (Å²) in [6.45, 7) is 4.42. The number of ether oxygens (including phenoxy) is 1. The van der Waals surface area contributed by atoms with Gasteiger partial charge in [0.05, 0.1) is 18.3 Å². The fourth-order valence-electron chi connectivity index (χ4n) is 1.55. The lowest BCUT2D eigenvalue weighted by atomic mass is 9.83. The van der Waals surface area contributed by atoms with E-state index in [0.29, 0.717) is 19.4 Å². The Morgan fingerprint density at radius 3 is 2.83 bits per heavy atom. The second-order valence-corrected chi connectivity index (χ2v) is 3.72. The lowest BCUT2D eigenvalue weighted by Gasteiger charge is -2.39. The van der Waals surface area contributed by atoms with Crippen LogP contribution < -0.4 is 0 Å². The first-order valence-electron chi connectivity index (χ1n) is 4.31. The van der Waals surface area contributed by atoms with Crippen molar-refractivity contribution < 1.29 is 9.84 Å². The highest BCUT2D eigenvalue weighted by molar-refractivity contribution is 5.06. The van der Waals surface area contributed by atoms with Crippen LogP contribution in [0.4, 0.5) is 0 Å². The number of rotatable bonds is 1. The normalized spacial score (nSPS) is 42.2. The summed E-state index contributed by atoms with van der Waals surface area (Å²) in [6.07, 6.45) is 1.68. The summed E-state index contributed by atoms with van der Waals surface area (Å²) in [5.74, 6) is 0. The van der Waals surface area contributed by atoms with Crippen LogP contribution in [0.5, 0.6) is 0 Å². The van der Waals surface area contributed by atoms with Crippen LogP contribution in [0.15, 0.2) is 0 Å². The molecule has 3 nitrogen and oxygen atoms in total. The average Bonchev–Trinajstić information content (AvgIpc) is 2.05. The standard InChI is InChI=1S/C9H15NO2/c1-3-8(2)6-9(11,7-10)4-5-12-8/h11H,3-6H2,1-2H3. The molecule has 0 aliphatic carbocycles. The monoisotopic (exact) mass is 169 g/mol. The van der Waals surface area contributed by atoms with E-state index in [1.54, 1.807) is 0 Å². The molecule has 0 bridgehead atoms. The molecular weight excluding hydrogens is 154 g/mol. The van der Waals surface area contributed by atoms with Gasteiger partial charge in [0.2, 0.25) is 0 Å². The van der Waals surface area contributed by atoms with E-state index >= 15 is 0 Å². The molecule has 1 rings (SSSR count). The molecule has 1 N–H and O–H groups in total. The average molecular weight is 169 g/mol. The summed E-state index contributed by atoms with van der Waals surface area (Å²) >= 11 is 0. The molecule has 1 heterocycles. The molecule has 2 unspecified atom stereocenters. The number of aliphatic hydroxyl groups is 1. The molecule has 1 fully saturated rings. The predicted molar refractivity (Wildman–Crippen MR) is 44.4 cm³/mol. The smallest absolute Gasteiger partial charge is 0.156 e. The third-order valence-corrected chi connectivity index (χ3v) is 2.59. The Labute approximate surface area is 73.0 Å². The maximum absolute atomic E-state index is 9.71. The van der Waals surface area contributed by atoms with Gasteiger partial charge in [-0.3, -0.25) is 0 Å². The van der Waals surface area contributed by atoms with Crippen molar-refractivity contribution in [3.63, 3.8) is 0 Å². The molecule has 1 aliphatic rings. The Morgan fingerprint density at radius 1 is 1.67 bits per heavy atom. The Hall–Kier alpha value is -0.590. The van der Waals surface area contributed by atoms with E-state index in [2.05, 4.69) is 0 Å². The van der Waals surface area contributed by atoms with Crippen molar-refractivity contribution in [2.24, 2.45) is 0 Å². The van der Waals surface area contributed by atoms with Crippen LogP contribution in [0.25, 0.3) is 0 Å². The second kappa shape index (κ2) is 3.04. The van der Waals surface area contributed by atoms with Gasteiger partial charge < -0.3 is 9.84 Å². The topological polar surface area (TPSA) is 53.2 Å². The quantitative estimate of drug-likeness (QED) is 0.600. The van der Waals surface area contributed by atoms with Crippen molar-refractivity contribution in [3.8, 4) is 6.07 Å². The molecule has 0 aromatic heterocycles. The van der Waals surface area contributed by atoms with Crippen molar-refractivity contribution in [2.75, 3.05) is 6.61 Å². The third-order valence-electron chi connectivity index (χ3n) is 2.59. The lowest BCUT2D eigenvalue weighted by Crippen LogP contribution is -2.46. The van der Waals surface area contributed by atoms with Crippen LogP contribution in [0.1, 0.15) is 33.1 Å². The number of nitrogens with zero attached hydrogens (tertiary/aromatic N) is 1. The van der Waals surface area contributed by atoms with Crippen molar-refractivity contribution in [3.05, 3.63) is 0 Å². The molecule has 0 spiro atoms. The van der Waals surface area contributed by atoms with Crippen molar-refractivity contribution >= 4 is 0 Å². The van der Waals surface area contributed by atoms with E-state index < -0.39 is 5.60 Å². The number of nitriles is 1. The van der Waals surface area contributed by atoms with E-state index in [-0.39, 0.29) is 5.60 Å². The Morgan fingerprint density at radius 2 is 2.33 bits per heavy atom. The first-order chi connectivity index (χ1) is 5.54. The van der Waals surface area contributed by atoms with E-state index in [4.69, 9.17) is 10.00 Å². The summed E-state index contributed by atoms with van der Waals surface area (Å²) in [7, 11) is 0. The Bertz CT molecular complexity index is 211. The Balaban J connectivity index is 2.70. The van der Waals surface area contributed by atoms with Gasteiger partial charge in [-0.25, -0.2) is 0 Å². The van der Waals surface area contributed by atoms with E-state index in [1.165, 1.54) is 0 Å². The third kappa shape index (κ3) is 1.77. The summed E-state index contributed by atoms with van der Waals surface area (Å²) in [5.41, 5.74) is -1.48. The molecule has 2 atom stereocenters. The molecular formula is C9H15NO2. The molecule has 3 heteroatoms. The summed E-state index contributed by atoms with van der Waals surface area (Å²) in [4.78, 5) is 0.